The predicted octanol–water partition coefficient (Wildman–Crippen LogP) is 3.65. The van der Waals surface area contributed by atoms with Crippen molar-refractivity contribution in [3.8, 4) is 17.0 Å². The second-order valence-corrected chi connectivity index (χ2v) is 9.68. The molecule has 1 aromatic heterocycles. The first-order chi connectivity index (χ1) is 17.0. The van der Waals surface area contributed by atoms with Gasteiger partial charge in [0.1, 0.15) is 6.10 Å². The number of benzene rings is 2. The van der Waals surface area contributed by atoms with Crippen molar-refractivity contribution in [3.63, 3.8) is 0 Å². The van der Waals surface area contributed by atoms with Crippen molar-refractivity contribution in [1.29, 1.82) is 0 Å². The molecule has 0 aliphatic carbocycles. The second-order valence-electron chi connectivity index (χ2n) is 9.68. The van der Waals surface area contributed by atoms with Gasteiger partial charge in [-0.25, -0.2) is 4.98 Å². The van der Waals surface area contributed by atoms with Gasteiger partial charge in [0, 0.05) is 37.2 Å². The summed E-state index contributed by atoms with van der Waals surface area (Å²) in [4.78, 5) is 24.0. The van der Waals surface area contributed by atoms with Gasteiger partial charge in [-0.1, -0.05) is 18.2 Å². The minimum Gasteiger partial charge on any atom is -0.471 e. The number of nitrogens with two attached hydrogens (primary N) is 1. The predicted molar refractivity (Wildman–Crippen MR) is 136 cm³/mol. The minimum absolute atomic E-state index is 0.0172. The molecule has 2 saturated heterocycles. The third-order valence-corrected chi connectivity index (χ3v) is 6.92. The van der Waals surface area contributed by atoms with Gasteiger partial charge >= 0.3 is 0 Å². The Hall–Kier alpha value is -3.23. The Labute approximate surface area is 205 Å². The number of anilines is 1. The molecule has 2 aliphatic rings. The van der Waals surface area contributed by atoms with Gasteiger partial charge in [-0.3, -0.25) is 4.79 Å². The Morgan fingerprint density at radius 3 is 2.51 bits per heavy atom. The maximum atomic E-state index is 12.8. The molecule has 0 spiro atoms. The van der Waals surface area contributed by atoms with Gasteiger partial charge in [0.2, 0.25) is 11.8 Å². The van der Waals surface area contributed by atoms with E-state index in [1.54, 1.807) is 0 Å². The number of ether oxygens (including phenoxy) is 2. The van der Waals surface area contributed by atoms with E-state index < -0.39 is 0 Å². The highest BCUT2D eigenvalue weighted by atomic mass is 16.5. The molecule has 0 saturated carbocycles. The highest BCUT2D eigenvalue weighted by molar-refractivity contribution is 5.95. The van der Waals surface area contributed by atoms with E-state index in [1.807, 2.05) is 42.5 Å². The first kappa shape index (κ1) is 23.5. The number of amides is 1. The quantitative estimate of drug-likeness (QED) is 0.561. The summed E-state index contributed by atoms with van der Waals surface area (Å²) in [5.41, 5.74) is 9.30. The number of nitrogen functional groups attached to an aromatic ring is 1. The first-order valence-electron chi connectivity index (χ1n) is 12.4. The molecule has 1 unspecified atom stereocenters. The van der Waals surface area contributed by atoms with E-state index in [9.17, 15) is 4.79 Å². The van der Waals surface area contributed by atoms with Crippen molar-refractivity contribution < 1.29 is 14.3 Å². The number of piperidine rings is 1. The first-order valence-corrected chi connectivity index (χ1v) is 12.4. The lowest BCUT2D eigenvalue weighted by molar-refractivity contribution is 0.0900. The fourth-order valence-corrected chi connectivity index (χ4v) is 4.79. The maximum absolute atomic E-state index is 12.8. The molecule has 8 nitrogen and oxygen atoms in total. The highest BCUT2D eigenvalue weighted by Crippen LogP contribution is 2.30. The lowest BCUT2D eigenvalue weighted by Crippen LogP contribution is -2.46. The van der Waals surface area contributed by atoms with Crippen LogP contribution in [-0.2, 0) is 4.74 Å². The van der Waals surface area contributed by atoms with Crippen LogP contribution >= 0.6 is 0 Å². The summed E-state index contributed by atoms with van der Waals surface area (Å²) in [7, 11) is 0. The molecule has 35 heavy (non-hydrogen) atoms. The summed E-state index contributed by atoms with van der Waals surface area (Å²) in [6, 6.07) is 14.4. The summed E-state index contributed by atoms with van der Waals surface area (Å²) in [5.74, 6) is 0.644. The van der Waals surface area contributed by atoms with E-state index in [2.05, 4.69) is 34.0 Å². The van der Waals surface area contributed by atoms with Crippen LogP contribution in [0.1, 0.15) is 43.5 Å². The van der Waals surface area contributed by atoms with E-state index in [0.717, 1.165) is 54.4 Å². The van der Waals surface area contributed by atoms with Crippen LogP contribution in [0.3, 0.4) is 0 Å². The smallest absolute Gasteiger partial charge is 0.251 e. The summed E-state index contributed by atoms with van der Waals surface area (Å²) in [6.45, 7) is 7.72. The molecule has 2 aromatic carbocycles. The summed E-state index contributed by atoms with van der Waals surface area (Å²) >= 11 is 0. The second kappa shape index (κ2) is 10.2. The number of hydrogen-bond donors (Lipinski definition) is 2. The molecular weight excluding hydrogens is 442 g/mol. The van der Waals surface area contributed by atoms with Crippen LogP contribution < -0.4 is 15.8 Å². The summed E-state index contributed by atoms with van der Waals surface area (Å²) in [5, 5.41) is 4.01. The lowest BCUT2D eigenvalue weighted by atomic mass is 10.0. The third kappa shape index (κ3) is 5.39. The SMILES string of the molecule is CC(C)N1CCC(NC(=O)c2ccc(-c3ccc4nc(N)nc(OC5CCOC5)c4c3)cc2)CC1. The van der Waals surface area contributed by atoms with Crippen LogP contribution in [0.25, 0.3) is 22.0 Å². The number of carbonyl (C=O) groups is 1. The zero-order valence-electron chi connectivity index (χ0n) is 20.4. The molecule has 8 heteroatoms. The van der Waals surface area contributed by atoms with E-state index in [4.69, 9.17) is 15.2 Å². The average molecular weight is 476 g/mol. The summed E-state index contributed by atoms with van der Waals surface area (Å²) in [6.07, 6.45) is 2.77. The molecule has 3 heterocycles. The lowest BCUT2D eigenvalue weighted by Gasteiger charge is -2.34. The monoisotopic (exact) mass is 475 g/mol. The molecule has 184 valence electrons. The summed E-state index contributed by atoms with van der Waals surface area (Å²) < 4.78 is 11.5. The van der Waals surface area contributed by atoms with Crippen LogP contribution in [0, 0.1) is 0 Å². The molecule has 3 N–H and O–H groups in total. The molecule has 0 radical (unpaired) electrons. The molecule has 1 amide bonds. The maximum Gasteiger partial charge on any atom is 0.251 e. The molecule has 3 aromatic rings. The van der Waals surface area contributed by atoms with Crippen LogP contribution in [-0.4, -0.2) is 65.3 Å². The normalized spacial score (nSPS) is 19.3. The molecule has 2 fully saturated rings. The number of nitrogens with zero attached hydrogens (tertiary/aromatic N) is 3. The van der Waals surface area contributed by atoms with Crippen molar-refractivity contribution in [2.24, 2.45) is 0 Å². The number of carbonyl (C=O) groups excluding carboxylic acids is 1. The molecule has 0 bridgehead atoms. The van der Waals surface area contributed by atoms with Gasteiger partial charge in [0.05, 0.1) is 24.1 Å². The van der Waals surface area contributed by atoms with Gasteiger partial charge < -0.3 is 25.4 Å². The average Bonchev–Trinajstić information content (AvgIpc) is 3.37. The third-order valence-electron chi connectivity index (χ3n) is 6.92. The van der Waals surface area contributed by atoms with Gasteiger partial charge in [0.15, 0.2) is 0 Å². The number of rotatable bonds is 6. The van der Waals surface area contributed by atoms with E-state index >= 15 is 0 Å². The largest absolute Gasteiger partial charge is 0.471 e. The van der Waals surface area contributed by atoms with Gasteiger partial charge in [-0.05, 0) is 62.1 Å². The Balaban J connectivity index is 1.30. The molecule has 2 aliphatic heterocycles. The van der Waals surface area contributed by atoms with Crippen LogP contribution in [0.2, 0.25) is 0 Å². The fraction of sp³-hybridized carbons (Fsp3) is 0.444. The number of fused-ring (bicyclic) bond motifs is 1. The van der Waals surface area contributed by atoms with Crippen molar-refractivity contribution in [2.75, 3.05) is 32.0 Å². The Morgan fingerprint density at radius 1 is 1.09 bits per heavy atom. The van der Waals surface area contributed by atoms with Crippen molar-refractivity contribution >= 4 is 22.8 Å². The molecular formula is C27H33N5O3. The van der Waals surface area contributed by atoms with Gasteiger partial charge in [-0.15, -0.1) is 0 Å². The van der Waals surface area contributed by atoms with Crippen molar-refractivity contribution in [3.05, 3.63) is 48.0 Å². The Kier molecular flexibility index (Phi) is 6.83. The zero-order valence-corrected chi connectivity index (χ0v) is 20.4. The molecule has 5 rings (SSSR count). The van der Waals surface area contributed by atoms with Crippen LogP contribution in [0.5, 0.6) is 5.88 Å². The number of hydrogen-bond acceptors (Lipinski definition) is 7. The molecule has 1 atom stereocenters. The Bertz CT molecular complexity index is 1180. The number of nitrogens with one attached hydrogen (secondary N) is 1. The van der Waals surface area contributed by atoms with E-state index in [-0.39, 0.29) is 24.0 Å². The standard InChI is InChI=1S/C27H33N5O3/c1-17(2)32-12-9-21(10-13-32)29-25(33)19-5-3-18(4-6-19)20-7-8-24-23(15-20)26(31-27(28)30-24)35-22-11-14-34-16-22/h3-8,15,17,21-22H,9-14,16H2,1-2H3,(H,29,33)(H2,28,30,31). The van der Waals surface area contributed by atoms with Crippen molar-refractivity contribution in [1.82, 2.24) is 20.2 Å². The Morgan fingerprint density at radius 2 is 1.83 bits per heavy atom. The number of aromatic nitrogens is 2. The number of likely N-dealkylation sites (tertiary alicyclic amines) is 1. The van der Waals surface area contributed by atoms with E-state index in [0.29, 0.717) is 30.7 Å². The van der Waals surface area contributed by atoms with Crippen molar-refractivity contribution in [2.45, 2.75) is 51.3 Å². The zero-order chi connectivity index (χ0) is 24.4. The highest BCUT2D eigenvalue weighted by Gasteiger charge is 2.23. The van der Waals surface area contributed by atoms with Crippen LogP contribution in [0.4, 0.5) is 5.95 Å². The fourth-order valence-electron chi connectivity index (χ4n) is 4.79. The van der Waals surface area contributed by atoms with Gasteiger partial charge in [0.25, 0.3) is 5.91 Å². The van der Waals surface area contributed by atoms with Crippen LogP contribution in [0.15, 0.2) is 42.5 Å². The van der Waals surface area contributed by atoms with E-state index in [1.165, 1.54) is 0 Å². The minimum atomic E-state index is -0.0356. The van der Waals surface area contributed by atoms with Gasteiger partial charge in [-0.2, -0.15) is 4.98 Å². The topological polar surface area (TPSA) is 103 Å².